The molecule has 2 rings (SSSR count). The largest absolute Gasteiger partial charge is 0.494 e. The van der Waals surface area contributed by atoms with Crippen LogP contribution in [0.4, 0.5) is 0 Å². The summed E-state index contributed by atoms with van der Waals surface area (Å²) in [6.45, 7) is 1.70. The van der Waals surface area contributed by atoms with E-state index in [1.54, 1.807) is 14.0 Å². The smallest absolute Gasteiger partial charge is 0.230 e. The molecule has 7 nitrogen and oxygen atoms in total. The number of aromatic nitrogens is 4. The fourth-order valence-electron chi connectivity index (χ4n) is 1.42. The molecule has 0 aliphatic rings. The number of carbonyl (C=O) groups is 1. The van der Waals surface area contributed by atoms with E-state index in [1.807, 2.05) is 24.3 Å². The molecule has 8 heteroatoms. The number of amides is 1. The maximum Gasteiger partial charge on any atom is 0.230 e. The number of para-hydroxylation sites is 2. The van der Waals surface area contributed by atoms with Gasteiger partial charge in [0.05, 0.1) is 12.4 Å². The van der Waals surface area contributed by atoms with Gasteiger partial charge in [0.2, 0.25) is 11.1 Å². The van der Waals surface area contributed by atoms with Crippen LogP contribution in [0.15, 0.2) is 29.4 Å². The van der Waals surface area contributed by atoms with Crippen molar-refractivity contribution in [3.8, 4) is 11.4 Å². The number of tetrazole rings is 1. The van der Waals surface area contributed by atoms with Gasteiger partial charge >= 0.3 is 0 Å². The van der Waals surface area contributed by atoms with Crippen LogP contribution in [0.25, 0.3) is 5.69 Å². The van der Waals surface area contributed by atoms with E-state index in [2.05, 4.69) is 15.5 Å². The van der Waals surface area contributed by atoms with E-state index in [0.29, 0.717) is 16.6 Å². The van der Waals surface area contributed by atoms with Gasteiger partial charge < -0.3 is 10.5 Å². The quantitative estimate of drug-likeness (QED) is 0.807. The van der Waals surface area contributed by atoms with Crippen molar-refractivity contribution in [3.63, 3.8) is 0 Å². The van der Waals surface area contributed by atoms with Crippen molar-refractivity contribution in [3.05, 3.63) is 24.3 Å². The minimum Gasteiger partial charge on any atom is -0.494 e. The number of rotatable bonds is 5. The topological polar surface area (TPSA) is 95.9 Å². The molecular weight excluding hydrogens is 266 g/mol. The summed E-state index contributed by atoms with van der Waals surface area (Å²) in [5.41, 5.74) is 5.94. The third-order valence-corrected chi connectivity index (χ3v) is 3.49. The number of methoxy groups -OCH3 is 1. The number of benzene rings is 1. The Morgan fingerprint density at radius 2 is 2.21 bits per heavy atom. The SMILES string of the molecule is COc1ccccc1-n1nnnc1S[C@@H](C)C(N)=O. The zero-order valence-corrected chi connectivity index (χ0v) is 11.3. The fourth-order valence-corrected chi connectivity index (χ4v) is 2.18. The van der Waals surface area contributed by atoms with Gasteiger partial charge in [-0.25, -0.2) is 0 Å². The van der Waals surface area contributed by atoms with E-state index in [1.165, 1.54) is 16.4 Å². The minimum atomic E-state index is -0.417. The molecule has 1 aromatic heterocycles. The summed E-state index contributed by atoms with van der Waals surface area (Å²) in [6, 6.07) is 7.34. The molecule has 0 bridgehead atoms. The van der Waals surface area contributed by atoms with Crippen molar-refractivity contribution < 1.29 is 9.53 Å². The van der Waals surface area contributed by atoms with Crippen LogP contribution in [0, 0.1) is 0 Å². The van der Waals surface area contributed by atoms with E-state index in [4.69, 9.17) is 10.5 Å². The van der Waals surface area contributed by atoms with Crippen molar-refractivity contribution in [2.75, 3.05) is 7.11 Å². The predicted octanol–water partition coefficient (Wildman–Crippen LogP) is 0.637. The molecule has 0 fully saturated rings. The number of thioether (sulfide) groups is 1. The van der Waals surface area contributed by atoms with E-state index >= 15 is 0 Å². The summed E-state index contributed by atoms with van der Waals surface area (Å²) in [4.78, 5) is 11.1. The van der Waals surface area contributed by atoms with Gasteiger partial charge in [0.1, 0.15) is 11.4 Å². The van der Waals surface area contributed by atoms with Crippen LogP contribution in [-0.4, -0.2) is 38.5 Å². The van der Waals surface area contributed by atoms with E-state index in [9.17, 15) is 4.79 Å². The van der Waals surface area contributed by atoms with Gasteiger partial charge in [0.15, 0.2) is 0 Å². The summed E-state index contributed by atoms with van der Waals surface area (Å²) in [5.74, 6) is 0.225. The number of carbonyl (C=O) groups excluding carboxylic acids is 1. The Bertz CT molecular complexity index is 586. The Kier molecular flexibility index (Phi) is 4.00. The van der Waals surface area contributed by atoms with Crippen molar-refractivity contribution in [1.29, 1.82) is 0 Å². The van der Waals surface area contributed by atoms with Gasteiger partial charge in [0, 0.05) is 0 Å². The molecule has 0 radical (unpaired) electrons. The number of ether oxygens (including phenoxy) is 1. The molecule has 1 atom stereocenters. The van der Waals surface area contributed by atoms with Crippen molar-refractivity contribution >= 4 is 17.7 Å². The summed E-state index contributed by atoms with van der Waals surface area (Å²) in [7, 11) is 1.57. The van der Waals surface area contributed by atoms with Gasteiger partial charge in [-0.3, -0.25) is 4.79 Å². The average Bonchev–Trinajstić information content (AvgIpc) is 2.86. The van der Waals surface area contributed by atoms with Crippen LogP contribution >= 0.6 is 11.8 Å². The lowest BCUT2D eigenvalue weighted by molar-refractivity contribution is -0.117. The second-order valence-corrected chi connectivity index (χ2v) is 5.02. The summed E-state index contributed by atoms with van der Waals surface area (Å²) in [6.07, 6.45) is 0. The molecule has 0 unspecified atom stereocenters. The van der Waals surface area contributed by atoms with E-state index in [-0.39, 0.29) is 0 Å². The lowest BCUT2D eigenvalue weighted by Gasteiger charge is -2.10. The van der Waals surface area contributed by atoms with Gasteiger partial charge in [-0.05, 0) is 29.5 Å². The zero-order chi connectivity index (χ0) is 13.8. The Morgan fingerprint density at radius 3 is 2.89 bits per heavy atom. The molecule has 1 amide bonds. The number of primary amides is 1. The zero-order valence-electron chi connectivity index (χ0n) is 10.5. The maximum atomic E-state index is 11.1. The third-order valence-electron chi connectivity index (χ3n) is 2.44. The van der Waals surface area contributed by atoms with Crippen LogP contribution in [0.1, 0.15) is 6.92 Å². The molecule has 0 saturated heterocycles. The van der Waals surface area contributed by atoms with Gasteiger partial charge in [-0.15, -0.1) is 5.10 Å². The number of hydrogen-bond acceptors (Lipinski definition) is 6. The summed E-state index contributed by atoms with van der Waals surface area (Å²) in [5, 5.41) is 11.5. The summed E-state index contributed by atoms with van der Waals surface area (Å²) < 4.78 is 6.78. The first kappa shape index (κ1) is 13.3. The highest BCUT2D eigenvalue weighted by Gasteiger charge is 2.18. The third kappa shape index (κ3) is 2.84. The molecule has 19 heavy (non-hydrogen) atoms. The molecule has 0 spiro atoms. The van der Waals surface area contributed by atoms with Crippen LogP contribution in [-0.2, 0) is 4.79 Å². The lowest BCUT2D eigenvalue weighted by atomic mass is 10.3. The van der Waals surface area contributed by atoms with Gasteiger partial charge in [-0.1, -0.05) is 23.9 Å². The minimum absolute atomic E-state index is 0.417. The Morgan fingerprint density at radius 1 is 1.47 bits per heavy atom. The molecule has 0 saturated carbocycles. The van der Waals surface area contributed by atoms with Crippen LogP contribution in [0.3, 0.4) is 0 Å². The lowest BCUT2D eigenvalue weighted by Crippen LogP contribution is -2.23. The van der Waals surface area contributed by atoms with Crippen molar-refractivity contribution in [2.24, 2.45) is 5.73 Å². The second kappa shape index (κ2) is 5.70. The van der Waals surface area contributed by atoms with Crippen LogP contribution < -0.4 is 10.5 Å². The molecule has 1 heterocycles. The molecule has 0 aliphatic carbocycles. The highest BCUT2D eigenvalue weighted by Crippen LogP contribution is 2.27. The first-order valence-corrected chi connectivity index (χ1v) is 6.39. The Hall–Kier alpha value is -2.09. The van der Waals surface area contributed by atoms with Gasteiger partial charge in [-0.2, -0.15) is 4.68 Å². The predicted molar refractivity (Wildman–Crippen MR) is 70.2 cm³/mol. The monoisotopic (exact) mass is 279 g/mol. The maximum absolute atomic E-state index is 11.1. The Labute approximate surface area is 114 Å². The van der Waals surface area contributed by atoms with Crippen molar-refractivity contribution in [1.82, 2.24) is 20.2 Å². The molecular formula is C11H13N5O2S. The molecule has 2 N–H and O–H groups in total. The average molecular weight is 279 g/mol. The standard InChI is InChI=1S/C11H13N5O2S/c1-7(10(12)17)19-11-13-14-15-16(11)8-5-3-4-6-9(8)18-2/h3-7H,1-2H3,(H2,12,17)/t7-/m0/s1. The normalized spacial score (nSPS) is 12.1. The second-order valence-electron chi connectivity index (χ2n) is 3.71. The van der Waals surface area contributed by atoms with Crippen LogP contribution in [0.5, 0.6) is 5.75 Å². The molecule has 1 aromatic carbocycles. The molecule has 100 valence electrons. The van der Waals surface area contributed by atoms with Crippen molar-refractivity contribution in [2.45, 2.75) is 17.3 Å². The van der Waals surface area contributed by atoms with E-state index < -0.39 is 11.2 Å². The van der Waals surface area contributed by atoms with Gasteiger partial charge in [0.25, 0.3) is 0 Å². The summed E-state index contributed by atoms with van der Waals surface area (Å²) >= 11 is 1.20. The van der Waals surface area contributed by atoms with Crippen LogP contribution in [0.2, 0.25) is 0 Å². The highest BCUT2D eigenvalue weighted by atomic mass is 32.2. The fraction of sp³-hybridized carbons (Fsp3) is 0.273. The Balaban J connectivity index is 2.36. The van der Waals surface area contributed by atoms with E-state index in [0.717, 1.165) is 0 Å². The highest BCUT2D eigenvalue weighted by molar-refractivity contribution is 8.00. The number of hydrogen-bond donors (Lipinski definition) is 1. The first-order chi connectivity index (χ1) is 9.13. The molecule has 2 aromatic rings. The number of nitrogens with two attached hydrogens (primary N) is 1. The first-order valence-electron chi connectivity index (χ1n) is 5.51. The number of nitrogens with zero attached hydrogens (tertiary/aromatic N) is 4. The molecule has 0 aliphatic heterocycles.